The summed E-state index contributed by atoms with van der Waals surface area (Å²) in [7, 11) is 0. The van der Waals surface area contributed by atoms with Gasteiger partial charge in [-0.25, -0.2) is 4.79 Å². The second-order valence-corrected chi connectivity index (χ2v) is 4.73. The first-order valence-corrected chi connectivity index (χ1v) is 6.10. The van der Waals surface area contributed by atoms with Crippen LogP contribution in [0.25, 0.3) is 0 Å². The van der Waals surface area contributed by atoms with Gasteiger partial charge in [0.2, 0.25) is 0 Å². The summed E-state index contributed by atoms with van der Waals surface area (Å²) in [6.07, 6.45) is 1.71. The Labute approximate surface area is 97.7 Å². The summed E-state index contributed by atoms with van der Waals surface area (Å²) < 4.78 is 10.6. The number of nitrogens with one attached hydrogen (secondary N) is 1. The number of hydrogen-bond acceptors (Lipinski definition) is 4. The zero-order valence-electron chi connectivity index (χ0n) is 10.5. The molecule has 4 heteroatoms. The molecule has 0 amide bonds. The zero-order chi connectivity index (χ0) is 12.0. The topological polar surface area (TPSA) is 47.6 Å². The van der Waals surface area contributed by atoms with Crippen LogP contribution in [0.3, 0.4) is 0 Å². The van der Waals surface area contributed by atoms with E-state index in [4.69, 9.17) is 9.47 Å². The van der Waals surface area contributed by atoms with Crippen molar-refractivity contribution in [3.8, 4) is 0 Å². The maximum Gasteiger partial charge on any atom is 0.328 e. The van der Waals surface area contributed by atoms with Crippen LogP contribution in [0.1, 0.15) is 33.6 Å². The molecule has 1 rings (SSSR count). The van der Waals surface area contributed by atoms with Crippen LogP contribution >= 0.6 is 0 Å². The minimum Gasteiger partial charge on any atom is -0.465 e. The fourth-order valence-corrected chi connectivity index (χ4v) is 1.84. The quantitative estimate of drug-likeness (QED) is 0.723. The second kappa shape index (κ2) is 6.21. The van der Waals surface area contributed by atoms with Crippen molar-refractivity contribution in [1.29, 1.82) is 0 Å². The van der Waals surface area contributed by atoms with Gasteiger partial charge in [-0.3, -0.25) is 5.32 Å². The Bertz CT molecular complexity index is 222. The van der Waals surface area contributed by atoms with Crippen molar-refractivity contribution in [1.82, 2.24) is 5.32 Å². The van der Waals surface area contributed by atoms with Crippen molar-refractivity contribution in [2.75, 3.05) is 26.4 Å². The predicted molar refractivity (Wildman–Crippen MR) is 62.3 cm³/mol. The summed E-state index contributed by atoms with van der Waals surface area (Å²) in [5.74, 6) is 0.337. The average molecular weight is 229 g/mol. The highest BCUT2D eigenvalue weighted by molar-refractivity contribution is 5.81. The van der Waals surface area contributed by atoms with E-state index >= 15 is 0 Å². The Balaban J connectivity index is 2.62. The number of rotatable bonds is 5. The molecular formula is C12H23NO3. The van der Waals surface area contributed by atoms with E-state index in [0.29, 0.717) is 19.1 Å². The largest absolute Gasteiger partial charge is 0.465 e. The number of carbonyl (C=O) groups excluding carboxylic acids is 1. The van der Waals surface area contributed by atoms with Crippen LogP contribution in [0.2, 0.25) is 0 Å². The highest BCUT2D eigenvalue weighted by atomic mass is 16.5. The third kappa shape index (κ3) is 3.46. The van der Waals surface area contributed by atoms with Crippen molar-refractivity contribution in [3.05, 3.63) is 0 Å². The van der Waals surface area contributed by atoms with Gasteiger partial charge in [-0.05, 0) is 32.2 Å². The first-order valence-electron chi connectivity index (χ1n) is 6.10. The van der Waals surface area contributed by atoms with Gasteiger partial charge >= 0.3 is 5.97 Å². The van der Waals surface area contributed by atoms with Crippen molar-refractivity contribution in [2.24, 2.45) is 5.92 Å². The molecule has 0 spiro atoms. The third-order valence-corrected chi connectivity index (χ3v) is 2.76. The first-order chi connectivity index (χ1) is 7.60. The van der Waals surface area contributed by atoms with Gasteiger partial charge in [-0.1, -0.05) is 13.8 Å². The number of carbonyl (C=O) groups is 1. The van der Waals surface area contributed by atoms with E-state index in [9.17, 15) is 4.79 Å². The van der Waals surface area contributed by atoms with E-state index in [1.54, 1.807) is 0 Å². The summed E-state index contributed by atoms with van der Waals surface area (Å²) in [5, 5.41) is 3.32. The Hall–Kier alpha value is -0.610. The average Bonchev–Trinajstić information content (AvgIpc) is 2.28. The molecular weight excluding hydrogens is 206 g/mol. The van der Waals surface area contributed by atoms with Crippen LogP contribution in [0.4, 0.5) is 0 Å². The van der Waals surface area contributed by atoms with Gasteiger partial charge in [-0.2, -0.15) is 0 Å². The third-order valence-electron chi connectivity index (χ3n) is 2.76. The van der Waals surface area contributed by atoms with Crippen molar-refractivity contribution >= 4 is 5.97 Å². The van der Waals surface area contributed by atoms with Crippen LogP contribution in [0.15, 0.2) is 0 Å². The summed E-state index contributed by atoms with van der Waals surface area (Å²) in [6, 6.07) is 0. The maximum absolute atomic E-state index is 12.0. The normalized spacial score (nSPS) is 25.8. The molecule has 1 atom stereocenters. The SMILES string of the molecule is CCOC(=O)C1(NCC(C)C)CCCOC1. The lowest BCUT2D eigenvalue weighted by Gasteiger charge is -2.36. The molecule has 0 aromatic carbocycles. The highest BCUT2D eigenvalue weighted by Crippen LogP contribution is 2.21. The first kappa shape index (κ1) is 13.5. The standard InChI is InChI=1S/C12H23NO3/c1-4-16-11(14)12(13-8-10(2)3)6-5-7-15-9-12/h10,13H,4-9H2,1-3H3. The second-order valence-electron chi connectivity index (χ2n) is 4.73. The molecule has 0 radical (unpaired) electrons. The lowest BCUT2D eigenvalue weighted by molar-refractivity contribution is -0.157. The van der Waals surface area contributed by atoms with Crippen LogP contribution in [0.5, 0.6) is 0 Å². The van der Waals surface area contributed by atoms with E-state index in [-0.39, 0.29) is 5.97 Å². The van der Waals surface area contributed by atoms with Gasteiger partial charge in [0.15, 0.2) is 0 Å². The summed E-state index contributed by atoms with van der Waals surface area (Å²) in [5.41, 5.74) is -0.613. The molecule has 94 valence electrons. The van der Waals surface area contributed by atoms with Gasteiger partial charge in [0.25, 0.3) is 0 Å². The van der Waals surface area contributed by atoms with Gasteiger partial charge in [0.1, 0.15) is 5.54 Å². The minimum atomic E-state index is -0.613. The monoisotopic (exact) mass is 229 g/mol. The zero-order valence-corrected chi connectivity index (χ0v) is 10.5. The fraction of sp³-hybridized carbons (Fsp3) is 0.917. The molecule has 0 saturated carbocycles. The molecule has 0 bridgehead atoms. The van der Waals surface area contributed by atoms with E-state index in [2.05, 4.69) is 19.2 Å². The van der Waals surface area contributed by atoms with Crippen LogP contribution < -0.4 is 5.32 Å². The molecule has 1 unspecified atom stereocenters. The molecule has 1 fully saturated rings. The van der Waals surface area contributed by atoms with Crippen LogP contribution in [-0.2, 0) is 14.3 Å². The number of hydrogen-bond donors (Lipinski definition) is 1. The maximum atomic E-state index is 12.0. The molecule has 1 heterocycles. The molecule has 1 aliphatic heterocycles. The van der Waals surface area contributed by atoms with E-state index in [0.717, 1.165) is 26.0 Å². The Morgan fingerprint density at radius 2 is 2.31 bits per heavy atom. The van der Waals surface area contributed by atoms with Crippen molar-refractivity contribution in [2.45, 2.75) is 39.2 Å². The fourth-order valence-electron chi connectivity index (χ4n) is 1.84. The van der Waals surface area contributed by atoms with Gasteiger partial charge < -0.3 is 9.47 Å². The molecule has 0 aromatic rings. The van der Waals surface area contributed by atoms with E-state index in [1.807, 2.05) is 6.92 Å². The Morgan fingerprint density at radius 1 is 1.56 bits per heavy atom. The van der Waals surface area contributed by atoms with E-state index < -0.39 is 5.54 Å². The Morgan fingerprint density at radius 3 is 2.81 bits per heavy atom. The predicted octanol–water partition coefficient (Wildman–Crippen LogP) is 1.34. The summed E-state index contributed by atoms with van der Waals surface area (Å²) in [4.78, 5) is 12.0. The number of esters is 1. The lowest BCUT2D eigenvalue weighted by Crippen LogP contribution is -2.59. The number of ether oxygens (including phenoxy) is 2. The van der Waals surface area contributed by atoms with Gasteiger partial charge in [0, 0.05) is 6.61 Å². The van der Waals surface area contributed by atoms with Crippen molar-refractivity contribution in [3.63, 3.8) is 0 Å². The van der Waals surface area contributed by atoms with Gasteiger partial charge in [-0.15, -0.1) is 0 Å². The molecule has 0 aromatic heterocycles. The Kier molecular flexibility index (Phi) is 5.22. The van der Waals surface area contributed by atoms with E-state index in [1.165, 1.54) is 0 Å². The van der Waals surface area contributed by atoms with Crippen molar-refractivity contribution < 1.29 is 14.3 Å². The van der Waals surface area contributed by atoms with Gasteiger partial charge in [0.05, 0.1) is 13.2 Å². The lowest BCUT2D eigenvalue weighted by atomic mass is 9.92. The smallest absolute Gasteiger partial charge is 0.328 e. The molecule has 1 N–H and O–H groups in total. The van der Waals surface area contributed by atoms with Crippen LogP contribution in [-0.4, -0.2) is 37.9 Å². The molecule has 0 aliphatic carbocycles. The summed E-state index contributed by atoms with van der Waals surface area (Å²) >= 11 is 0. The molecule has 16 heavy (non-hydrogen) atoms. The molecule has 1 aliphatic rings. The van der Waals surface area contributed by atoms with Crippen LogP contribution in [0, 0.1) is 5.92 Å². The molecule has 4 nitrogen and oxygen atoms in total. The highest BCUT2D eigenvalue weighted by Gasteiger charge is 2.41. The summed E-state index contributed by atoms with van der Waals surface area (Å²) in [6.45, 7) is 8.47. The minimum absolute atomic E-state index is 0.171. The molecule has 1 saturated heterocycles.